The number of amides is 1. The van der Waals surface area contributed by atoms with Crippen LogP contribution >= 0.6 is 0 Å². The Kier molecular flexibility index (Phi) is 6.83. The molecule has 4 aliphatic rings. The van der Waals surface area contributed by atoms with Gasteiger partial charge >= 0.3 is 0 Å². The number of aromatic amines is 1. The van der Waals surface area contributed by atoms with Crippen LogP contribution in [0.15, 0.2) is 24.4 Å². The number of hydrogen-bond donors (Lipinski definition) is 2. The molecule has 0 radical (unpaired) electrons. The van der Waals surface area contributed by atoms with Crippen molar-refractivity contribution in [1.82, 2.24) is 24.8 Å². The average molecular weight is 514 g/mol. The molecule has 0 bridgehead atoms. The average Bonchev–Trinajstić information content (AvgIpc) is 3.72. The van der Waals surface area contributed by atoms with E-state index in [1.807, 2.05) is 6.07 Å². The summed E-state index contributed by atoms with van der Waals surface area (Å²) >= 11 is 0. The third kappa shape index (κ3) is 4.67. The van der Waals surface area contributed by atoms with Gasteiger partial charge in [0.05, 0.1) is 22.6 Å². The summed E-state index contributed by atoms with van der Waals surface area (Å²) in [6.45, 7) is 4.31. The minimum Gasteiger partial charge on any atom is -0.339 e. The number of pyridine rings is 1. The van der Waals surface area contributed by atoms with Crippen LogP contribution in [0.5, 0.6) is 0 Å². The number of hydrogen-bond acceptors (Lipinski definition) is 6. The Labute approximate surface area is 225 Å². The van der Waals surface area contributed by atoms with Crippen LogP contribution in [0.4, 0.5) is 5.69 Å². The second-order valence-electron chi connectivity index (χ2n) is 12.0. The number of nitrogens with one attached hydrogen (secondary N) is 2. The number of allylic oxidation sites excluding steroid dienone is 2. The van der Waals surface area contributed by atoms with Gasteiger partial charge in [-0.15, -0.1) is 0 Å². The Morgan fingerprint density at radius 3 is 2.42 bits per heavy atom. The highest BCUT2D eigenvalue weighted by molar-refractivity contribution is 6.03. The number of anilines is 1. The van der Waals surface area contributed by atoms with Crippen molar-refractivity contribution in [3.8, 4) is 6.07 Å². The molecule has 2 aromatic rings. The molecular formula is C30H39N7O. The van der Waals surface area contributed by atoms with E-state index in [-0.39, 0.29) is 23.0 Å². The number of piperazine rings is 1. The number of aromatic nitrogens is 3. The molecule has 2 N–H and O–H groups in total. The van der Waals surface area contributed by atoms with Crippen molar-refractivity contribution in [2.24, 2.45) is 5.41 Å². The number of carbonyl (C=O) groups is 1. The first-order chi connectivity index (χ1) is 18.5. The minimum absolute atomic E-state index is 0.0246. The molecule has 38 heavy (non-hydrogen) atoms. The van der Waals surface area contributed by atoms with E-state index in [2.05, 4.69) is 50.3 Å². The van der Waals surface area contributed by atoms with Gasteiger partial charge in [-0.2, -0.15) is 5.26 Å². The van der Waals surface area contributed by atoms with Crippen LogP contribution in [0, 0.1) is 16.7 Å². The maximum atomic E-state index is 13.1. The third-order valence-corrected chi connectivity index (χ3v) is 9.74. The fourth-order valence-electron chi connectivity index (χ4n) is 7.41. The van der Waals surface area contributed by atoms with Crippen LogP contribution in [-0.2, 0) is 5.54 Å². The lowest BCUT2D eigenvalue weighted by molar-refractivity contribution is 0.0377. The molecule has 0 atom stereocenters. The minimum atomic E-state index is -0.347. The molecule has 2 aromatic heterocycles. The highest BCUT2D eigenvalue weighted by Gasteiger charge is 2.44. The van der Waals surface area contributed by atoms with Gasteiger partial charge in [-0.3, -0.25) is 9.69 Å². The van der Waals surface area contributed by atoms with E-state index < -0.39 is 0 Å². The maximum Gasteiger partial charge on any atom is 0.291 e. The molecule has 8 nitrogen and oxygen atoms in total. The van der Waals surface area contributed by atoms with E-state index in [9.17, 15) is 4.79 Å². The number of nitrogens with zero attached hydrogens (tertiary/aromatic N) is 5. The smallest absolute Gasteiger partial charge is 0.291 e. The Balaban J connectivity index is 1.36. The number of H-pyrrole nitrogens is 1. The third-order valence-electron chi connectivity index (χ3n) is 9.74. The summed E-state index contributed by atoms with van der Waals surface area (Å²) in [5, 5.41) is 12.2. The van der Waals surface area contributed by atoms with Gasteiger partial charge in [0.25, 0.3) is 5.91 Å². The SMILES string of the molecule is CN1CCN(C2(c3ccc(NC(=O)c4nc(C#N)c[nH]4)c(C4=CCC5(CCCC5)CC4)n3)CCCC2)CC1. The van der Waals surface area contributed by atoms with Gasteiger partial charge in [0, 0.05) is 32.4 Å². The standard InChI is InChI=1S/C30H39N7O/c1-36-16-18-37(19-17-36)30(12-4-5-13-30)25-7-6-24(34-28(38)27-32-21-23(20-31)33-27)26(35-25)22-8-14-29(15-9-22)10-2-3-11-29/h6-8,21H,2-5,9-19H2,1H3,(H,32,33)(H,34,38). The summed E-state index contributed by atoms with van der Waals surface area (Å²) in [5.41, 5.74) is 4.70. The highest BCUT2D eigenvalue weighted by atomic mass is 16.2. The van der Waals surface area contributed by atoms with Crippen molar-refractivity contribution in [2.75, 3.05) is 38.5 Å². The molecule has 2 saturated carbocycles. The van der Waals surface area contributed by atoms with E-state index in [1.165, 1.54) is 56.7 Å². The summed E-state index contributed by atoms with van der Waals surface area (Å²) in [7, 11) is 2.21. The van der Waals surface area contributed by atoms with Gasteiger partial charge < -0.3 is 15.2 Å². The largest absolute Gasteiger partial charge is 0.339 e. The van der Waals surface area contributed by atoms with E-state index in [4.69, 9.17) is 10.2 Å². The fourth-order valence-corrected chi connectivity index (χ4v) is 7.41. The van der Waals surface area contributed by atoms with Crippen LogP contribution in [0.1, 0.15) is 98.3 Å². The quantitative estimate of drug-likeness (QED) is 0.579. The van der Waals surface area contributed by atoms with Crippen LogP contribution in [0.3, 0.4) is 0 Å². The number of rotatable bonds is 5. The topological polar surface area (TPSA) is 101 Å². The predicted octanol–water partition coefficient (Wildman–Crippen LogP) is 5.07. The van der Waals surface area contributed by atoms with Crippen molar-refractivity contribution < 1.29 is 4.79 Å². The summed E-state index contributed by atoms with van der Waals surface area (Å²) in [6, 6.07) is 6.18. The molecule has 3 heterocycles. The van der Waals surface area contributed by atoms with Crippen LogP contribution in [-0.4, -0.2) is 63.9 Å². The summed E-state index contributed by atoms with van der Waals surface area (Å²) in [5.74, 6) is -0.204. The van der Waals surface area contributed by atoms with E-state index >= 15 is 0 Å². The van der Waals surface area contributed by atoms with Crippen molar-refractivity contribution in [1.29, 1.82) is 5.26 Å². The van der Waals surface area contributed by atoms with Crippen molar-refractivity contribution in [2.45, 2.75) is 76.2 Å². The Morgan fingerprint density at radius 2 is 1.76 bits per heavy atom. The maximum absolute atomic E-state index is 13.1. The molecule has 0 unspecified atom stereocenters. The first-order valence-corrected chi connectivity index (χ1v) is 14.4. The molecule has 200 valence electrons. The van der Waals surface area contributed by atoms with Crippen molar-refractivity contribution in [3.63, 3.8) is 0 Å². The lowest BCUT2D eigenvalue weighted by atomic mass is 9.73. The van der Waals surface area contributed by atoms with Gasteiger partial charge in [-0.05, 0) is 75.1 Å². The van der Waals surface area contributed by atoms with Gasteiger partial charge in [-0.1, -0.05) is 31.8 Å². The van der Waals surface area contributed by atoms with Crippen LogP contribution in [0.2, 0.25) is 0 Å². The molecule has 1 saturated heterocycles. The number of likely N-dealkylation sites (N-methyl/N-ethyl adjacent to an activating group) is 1. The first-order valence-electron chi connectivity index (χ1n) is 14.4. The first kappa shape index (κ1) is 25.3. The lowest BCUT2D eigenvalue weighted by Crippen LogP contribution is -2.54. The van der Waals surface area contributed by atoms with Crippen molar-refractivity contribution >= 4 is 17.2 Å². The zero-order valence-corrected chi connectivity index (χ0v) is 22.6. The van der Waals surface area contributed by atoms with E-state index in [1.54, 1.807) is 0 Å². The van der Waals surface area contributed by atoms with Crippen LogP contribution in [0.25, 0.3) is 5.57 Å². The Hall–Kier alpha value is -3.02. The molecule has 1 spiro atoms. The molecule has 6 rings (SSSR count). The Bertz CT molecular complexity index is 1250. The van der Waals surface area contributed by atoms with Crippen LogP contribution < -0.4 is 5.32 Å². The molecule has 1 amide bonds. The normalized spacial score (nSPS) is 23.3. The molecule has 3 fully saturated rings. The molecule has 0 aromatic carbocycles. The predicted molar refractivity (Wildman–Crippen MR) is 147 cm³/mol. The number of carbonyl (C=O) groups excluding carboxylic acids is 1. The van der Waals surface area contributed by atoms with Gasteiger partial charge in [0.1, 0.15) is 6.07 Å². The van der Waals surface area contributed by atoms with Crippen molar-refractivity contribution in [3.05, 3.63) is 47.3 Å². The molecule has 8 heteroatoms. The lowest BCUT2D eigenvalue weighted by Gasteiger charge is -2.45. The zero-order valence-electron chi connectivity index (χ0n) is 22.6. The highest BCUT2D eigenvalue weighted by Crippen LogP contribution is 2.50. The molecule has 1 aliphatic heterocycles. The number of nitriles is 1. The summed E-state index contributed by atoms with van der Waals surface area (Å²) in [4.78, 5) is 30.5. The van der Waals surface area contributed by atoms with Gasteiger partial charge in [-0.25, -0.2) is 9.97 Å². The zero-order chi connectivity index (χ0) is 26.2. The second-order valence-corrected chi connectivity index (χ2v) is 12.0. The molecular weight excluding hydrogens is 474 g/mol. The Morgan fingerprint density at radius 1 is 1.03 bits per heavy atom. The fraction of sp³-hybridized carbons (Fsp3) is 0.600. The molecule has 3 aliphatic carbocycles. The monoisotopic (exact) mass is 513 g/mol. The summed E-state index contributed by atoms with van der Waals surface area (Å²) in [6.07, 6.45) is 17.3. The number of imidazole rings is 1. The summed E-state index contributed by atoms with van der Waals surface area (Å²) < 4.78 is 0. The van der Waals surface area contributed by atoms with E-state index in [0.717, 1.165) is 68.9 Å². The van der Waals surface area contributed by atoms with Gasteiger partial charge in [0.2, 0.25) is 0 Å². The second kappa shape index (κ2) is 10.3. The van der Waals surface area contributed by atoms with E-state index in [0.29, 0.717) is 5.41 Å². The van der Waals surface area contributed by atoms with Gasteiger partial charge in [0.15, 0.2) is 11.5 Å².